The number of amides is 2. The molecular weight excluding hydrogens is 342 g/mol. The topological polar surface area (TPSA) is 95.6 Å². The molecule has 2 aliphatic heterocycles. The lowest BCUT2D eigenvalue weighted by molar-refractivity contribution is -0.119. The number of carbonyl (C=O) groups excluding carboxylic acids is 2. The highest BCUT2D eigenvalue weighted by Gasteiger charge is 2.48. The second-order valence-electron chi connectivity index (χ2n) is 6.67. The van der Waals surface area contributed by atoms with E-state index in [0.717, 1.165) is 18.4 Å². The first-order chi connectivity index (χ1) is 11.8. The molecule has 1 aromatic rings. The molecule has 2 saturated heterocycles. The van der Waals surface area contributed by atoms with Crippen molar-refractivity contribution in [1.29, 1.82) is 0 Å². The zero-order valence-electron chi connectivity index (χ0n) is 14.2. The van der Waals surface area contributed by atoms with Crippen molar-refractivity contribution in [2.24, 2.45) is 0 Å². The number of hydrogen-bond acceptors (Lipinski definition) is 5. The van der Waals surface area contributed by atoms with Gasteiger partial charge in [-0.2, -0.15) is 0 Å². The Kier molecular flexibility index (Phi) is 4.83. The van der Waals surface area contributed by atoms with Gasteiger partial charge in [0, 0.05) is 30.6 Å². The molecule has 0 aliphatic carbocycles. The molecule has 3 rings (SSSR count). The minimum absolute atomic E-state index is 0.0996. The number of carbonyl (C=O) groups is 2. The van der Waals surface area contributed by atoms with Crippen LogP contribution in [0, 0.1) is 0 Å². The predicted molar refractivity (Wildman–Crippen MR) is 96.3 cm³/mol. The first kappa shape index (κ1) is 17.9. The fraction of sp³-hybridized carbons (Fsp3) is 0.529. The molecule has 2 N–H and O–H groups in total. The third kappa shape index (κ3) is 3.41. The van der Waals surface area contributed by atoms with Crippen molar-refractivity contribution in [3.8, 4) is 0 Å². The van der Waals surface area contributed by atoms with E-state index in [1.165, 1.54) is 0 Å². The first-order valence-corrected chi connectivity index (χ1v) is 10.3. The van der Waals surface area contributed by atoms with Crippen molar-refractivity contribution in [1.82, 2.24) is 5.32 Å². The average Bonchev–Trinajstić information content (AvgIpc) is 3.01. The van der Waals surface area contributed by atoms with Crippen molar-refractivity contribution >= 4 is 33.0 Å². The molecule has 0 aromatic heterocycles. The molecule has 0 unspecified atom stereocenters. The van der Waals surface area contributed by atoms with Crippen LogP contribution in [-0.2, 0) is 19.4 Å². The van der Waals surface area contributed by atoms with E-state index in [1.54, 1.807) is 29.2 Å². The fourth-order valence-corrected chi connectivity index (χ4v) is 4.82. The highest BCUT2D eigenvalue weighted by atomic mass is 32.2. The van der Waals surface area contributed by atoms with Crippen molar-refractivity contribution in [3.63, 3.8) is 0 Å². The van der Waals surface area contributed by atoms with Gasteiger partial charge in [-0.1, -0.05) is 0 Å². The Morgan fingerprint density at radius 2 is 1.84 bits per heavy atom. The van der Waals surface area contributed by atoms with Gasteiger partial charge in [0.15, 0.2) is 14.6 Å². The van der Waals surface area contributed by atoms with Gasteiger partial charge >= 0.3 is 0 Å². The molecule has 0 atom stereocenters. The Bertz CT molecular complexity index is 768. The maximum atomic E-state index is 12.7. The summed E-state index contributed by atoms with van der Waals surface area (Å²) in [7, 11) is -3.54. The number of anilines is 2. The van der Waals surface area contributed by atoms with E-state index in [4.69, 9.17) is 0 Å². The second-order valence-corrected chi connectivity index (χ2v) is 8.99. The second kappa shape index (κ2) is 6.76. The van der Waals surface area contributed by atoms with Gasteiger partial charge in [-0.05, 0) is 56.6 Å². The number of nitrogens with one attached hydrogen (secondary N) is 2. The molecule has 2 heterocycles. The zero-order valence-corrected chi connectivity index (χ0v) is 15.1. The van der Waals surface area contributed by atoms with E-state index in [0.29, 0.717) is 31.7 Å². The molecule has 8 heteroatoms. The normalized spacial score (nSPS) is 20.5. The quantitative estimate of drug-likeness (QED) is 0.827. The number of piperidine rings is 1. The van der Waals surface area contributed by atoms with Crippen LogP contribution in [0.3, 0.4) is 0 Å². The molecule has 0 radical (unpaired) electrons. The van der Waals surface area contributed by atoms with Gasteiger partial charge in [-0.3, -0.25) is 9.59 Å². The molecule has 0 spiro atoms. The Balaban J connectivity index is 1.77. The standard InChI is InChI=1S/C17H23N3O4S/c1-25(23,24)17(8-10-18-11-9-17)16(22)19-13-4-6-14(7-5-13)20-12-2-3-15(20)21/h4-7,18H,2-3,8-12H2,1H3,(H,19,22). The fourth-order valence-electron chi connectivity index (χ4n) is 3.49. The maximum Gasteiger partial charge on any atom is 0.245 e. The van der Waals surface area contributed by atoms with Crippen molar-refractivity contribution in [2.45, 2.75) is 30.4 Å². The minimum atomic E-state index is -3.54. The summed E-state index contributed by atoms with van der Waals surface area (Å²) in [5.41, 5.74) is 1.32. The van der Waals surface area contributed by atoms with E-state index in [-0.39, 0.29) is 18.7 Å². The molecule has 1 aromatic carbocycles. The summed E-state index contributed by atoms with van der Waals surface area (Å²) >= 11 is 0. The van der Waals surface area contributed by atoms with Gasteiger partial charge in [0.2, 0.25) is 11.8 Å². The van der Waals surface area contributed by atoms with E-state index < -0.39 is 20.5 Å². The average molecular weight is 365 g/mol. The smallest absolute Gasteiger partial charge is 0.245 e. The molecule has 0 saturated carbocycles. The lowest BCUT2D eigenvalue weighted by Crippen LogP contribution is -2.55. The highest BCUT2D eigenvalue weighted by Crippen LogP contribution is 2.30. The number of nitrogens with zero attached hydrogens (tertiary/aromatic N) is 1. The summed E-state index contributed by atoms with van der Waals surface area (Å²) in [5, 5.41) is 5.83. The van der Waals surface area contributed by atoms with E-state index in [2.05, 4.69) is 10.6 Å². The Hall–Kier alpha value is -1.93. The molecule has 2 amide bonds. The molecular formula is C17H23N3O4S. The summed E-state index contributed by atoms with van der Waals surface area (Å²) in [6.07, 6.45) is 3.06. The molecule has 136 valence electrons. The molecule has 25 heavy (non-hydrogen) atoms. The largest absolute Gasteiger partial charge is 0.325 e. The number of rotatable bonds is 4. The van der Waals surface area contributed by atoms with Crippen LogP contribution in [0.25, 0.3) is 0 Å². The van der Waals surface area contributed by atoms with Gasteiger partial charge < -0.3 is 15.5 Å². The number of hydrogen-bond donors (Lipinski definition) is 2. The maximum absolute atomic E-state index is 12.7. The summed E-state index contributed by atoms with van der Waals surface area (Å²) < 4.78 is 23.2. The third-order valence-electron chi connectivity index (χ3n) is 5.05. The molecule has 7 nitrogen and oxygen atoms in total. The Morgan fingerprint density at radius 3 is 2.36 bits per heavy atom. The summed E-state index contributed by atoms with van der Waals surface area (Å²) in [6, 6.07) is 6.95. The summed E-state index contributed by atoms with van der Waals surface area (Å²) in [4.78, 5) is 26.2. The van der Waals surface area contributed by atoms with Crippen LogP contribution < -0.4 is 15.5 Å². The minimum Gasteiger partial charge on any atom is -0.325 e. The lowest BCUT2D eigenvalue weighted by atomic mass is 9.95. The molecule has 2 aliphatic rings. The highest BCUT2D eigenvalue weighted by molar-refractivity contribution is 7.92. The van der Waals surface area contributed by atoms with Crippen LogP contribution in [0.1, 0.15) is 25.7 Å². The summed E-state index contributed by atoms with van der Waals surface area (Å²) in [5.74, 6) is -0.385. The van der Waals surface area contributed by atoms with Gasteiger partial charge in [-0.25, -0.2) is 8.42 Å². The van der Waals surface area contributed by atoms with Gasteiger partial charge in [0.1, 0.15) is 0 Å². The monoisotopic (exact) mass is 365 g/mol. The van der Waals surface area contributed by atoms with E-state index in [9.17, 15) is 18.0 Å². The van der Waals surface area contributed by atoms with Gasteiger partial charge in [-0.15, -0.1) is 0 Å². The molecule has 0 bridgehead atoms. The first-order valence-electron chi connectivity index (χ1n) is 8.46. The predicted octanol–water partition coefficient (Wildman–Crippen LogP) is 0.919. The number of benzene rings is 1. The Morgan fingerprint density at radius 1 is 1.20 bits per heavy atom. The van der Waals surface area contributed by atoms with Crippen LogP contribution >= 0.6 is 0 Å². The van der Waals surface area contributed by atoms with E-state index in [1.807, 2.05) is 0 Å². The molecule has 2 fully saturated rings. The van der Waals surface area contributed by atoms with Crippen LogP contribution in [-0.4, -0.2) is 50.9 Å². The zero-order chi connectivity index (χ0) is 18.1. The van der Waals surface area contributed by atoms with Gasteiger partial charge in [0.05, 0.1) is 0 Å². The van der Waals surface area contributed by atoms with Crippen molar-refractivity contribution in [2.75, 3.05) is 36.1 Å². The van der Waals surface area contributed by atoms with Crippen LogP contribution in [0.4, 0.5) is 11.4 Å². The van der Waals surface area contributed by atoms with Gasteiger partial charge in [0.25, 0.3) is 0 Å². The lowest BCUT2D eigenvalue weighted by Gasteiger charge is -2.34. The SMILES string of the molecule is CS(=O)(=O)C1(C(=O)Nc2ccc(N3CCCC3=O)cc2)CCNCC1. The summed E-state index contributed by atoms with van der Waals surface area (Å²) in [6.45, 7) is 1.70. The van der Waals surface area contributed by atoms with Crippen molar-refractivity contribution in [3.05, 3.63) is 24.3 Å². The van der Waals surface area contributed by atoms with Crippen molar-refractivity contribution < 1.29 is 18.0 Å². The van der Waals surface area contributed by atoms with Crippen LogP contribution in [0.5, 0.6) is 0 Å². The van der Waals surface area contributed by atoms with Crippen LogP contribution in [0.2, 0.25) is 0 Å². The third-order valence-corrected chi connectivity index (χ3v) is 7.06. The van der Waals surface area contributed by atoms with Crippen LogP contribution in [0.15, 0.2) is 24.3 Å². The Labute approximate surface area is 147 Å². The number of sulfone groups is 1. The van der Waals surface area contributed by atoms with E-state index >= 15 is 0 Å².